The largest absolute Gasteiger partial charge is 0.478 e. The van der Waals surface area contributed by atoms with E-state index in [4.69, 9.17) is 34.3 Å². The van der Waals surface area contributed by atoms with Crippen LogP contribution in [0.3, 0.4) is 0 Å². The summed E-state index contributed by atoms with van der Waals surface area (Å²) >= 11 is 3.06. The number of hydrogen-bond acceptors (Lipinski definition) is 29. The number of aryl methyl sites for hydroxylation is 4. The highest BCUT2D eigenvalue weighted by Crippen LogP contribution is 2.36. The number of aromatic carboxylic acids is 1. The lowest BCUT2D eigenvalue weighted by molar-refractivity contribution is -0.192. The van der Waals surface area contributed by atoms with E-state index >= 15 is 0 Å². The number of ketones is 5. The zero-order chi connectivity index (χ0) is 106. The van der Waals surface area contributed by atoms with Gasteiger partial charge in [-0.15, -0.1) is 12.4 Å². The average Bonchev–Trinajstić information content (AvgIpc) is 1.70. The number of ether oxygens (including phenoxy) is 4. The number of nitrogens with one attached hydrogen (secondary N) is 9. The lowest BCUT2D eigenvalue weighted by Crippen LogP contribution is -2.44. The molecular weight excluding hydrogens is 1970 g/mol. The molecule has 0 bridgehead atoms. The number of esters is 1. The van der Waals surface area contributed by atoms with Crippen molar-refractivity contribution >= 4 is 161 Å². The maximum absolute atomic E-state index is 13.1. The Morgan fingerprint density at radius 3 is 1.11 bits per heavy atom. The van der Waals surface area contributed by atoms with Gasteiger partial charge in [-0.3, -0.25) is 24.0 Å². The topological polar surface area (TPSA) is 507 Å². The van der Waals surface area contributed by atoms with Gasteiger partial charge < -0.3 is 77.0 Å². The predicted octanol–water partition coefficient (Wildman–Crippen LogP) is 19.1. The van der Waals surface area contributed by atoms with Crippen molar-refractivity contribution < 1.29 is 134 Å². The summed E-state index contributed by atoms with van der Waals surface area (Å²) in [5, 5.41) is 26.0. The Kier molecular flexibility index (Phi) is 43.7. The average molecular weight is 2080 g/mol. The number of benzene rings is 4. The Morgan fingerprint density at radius 2 is 0.794 bits per heavy atom. The molecule has 12 N–H and O–H groups in total. The first-order chi connectivity index (χ1) is 64.7. The van der Waals surface area contributed by atoms with Crippen LogP contribution in [-0.4, -0.2) is 212 Å². The number of carbonyl (C=O) groups is 10. The molecule has 10 rings (SSSR count). The zero-order valence-corrected chi connectivity index (χ0v) is 82.7. The predicted molar refractivity (Wildman–Crippen MR) is 504 cm³/mol. The quantitative estimate of drug-likeness (QED) is 0.00518. The third kappa shape index (κ3) is 38.8. The van der Waals surface area contributed by atoms with E-state index in [-0.39, 0.29) is 123 Å². The molecule has 141 heavy (non-hydrogen) atoms. The van der Waals surface area contributed by atoms with Crippen LogP contribution in [0, 0.1) is 33.6 Å². The van der Waals surface area contributed by atoms with Crippen LogP contribution < -0.4 is 43.0 Å². The Morgan fingerprint density at radius 1 is 0.468 bits per heavy atom. The second-order valence-electron chi connectivity index (χ2n) is 34.3. The van der Waals surface area contributed by atoms with Crippen LogP contribution in [-0.2, 0) is 42.9 Å². The fourth-order valence-electron chi connectivity index (χ4n) is 12.7. The molecule has 6 heterocycles. The SMILES string of the molecule is CC(=O)CC(=O)[C@@H](C)NC(=O)OC(C)(C)C.CCC(CC(=O)c1cccc2nc(C)c(NCC(F)(F)F)nc12)C(=O)C(C)NC(=O)OC(C)(C)C.CCOC(=O)c1cc(-c2cccc3nc(C)c(NCC(F)(F)F)nc23)[nH]c1C(C)NC(=O)OC(C)(C)C.Cc1nc2cccc(-c3cc(C(=O)O)c(C(C)N)[nH]3)c2nc1NCC(F)(F)F.Cc1nc2cccc(C(=O)CBr)c2nc1NCC(F)(F)F.Cl.O=C=O. The number of amides is 3. The number of alkyl carbamates (subject to hydrolysis) is 3. The fraction of sp³-hybridized carbons (Fsp3) is 0.446. The number of carboxylic acid groups (broad SMARTS) is 1. The van der Waals surface area contributed by atoms with Crippen LogP contribution in [0.2, 0.25) is 0 Å². The molecule has 0 spiro atoms. The summed E-state index contributed by atoms with van der Waals surface area (Å²) in [6, 6.07) is 20.0. The summed E-state index contributed by atoms with van der Waals surface area (Å²) in [5.74, 6) is -3.96. The first kappa shape index (κ1) is 120. The number of halogens is 14. The molecule has 0 saturated carbocycles. The molecule has 0 saturated heterocycles. The van der Waals surface area contributed by atoms with E-state index in [0.717, 1.165) is 0 Å². The third-order valence-electron chi connectivity index (χ3n) is 18.8. The van der Waals surface area contributed by atoms with Crippen molar-refractivity contribution in [2.75, 3.05) is 59.4 Å². The van der Waals surface area contributed by atoms with Gasteiger partial charge >= 0.3 is 61.1 Å². The molecule has 0 fully saturated rings. The fourth-order valence-corrected chi connectivity index (χ4v) is 13.0. The van der Waals surface area contributed by atoms with Crippen LogP contribution >= 0.6 is 28.3 Å². The first-order valence-electron chi connectivity index (χ1n) is 42.8. The van der Waals surface area contributed by atoms with Crippen molar-refractivity contribution in [3.63, 3.8) is 0 Å². The van der Waals surface area contributed by atoms with Crippen LogP contribution in [0.15, 0.2) is 84.9 Å². The molecule has 35 nitrogen and oxygen atoms in total. The molecule has 3 amide bonds. The van der Waals surface area contributed by atoms with E-state index in [1.54, 1.807) is 184 Å². The first-order valence-corrected chi connectivity index (χ1v) is 43.9. The van der Waals surface area contributed by atoms with Crippen LogP contribution in [0.25, 0.3) is 66.6 Å². The lowest BCUT2D eigenvalue weighted by Gasteiger charge is -2.23. The Bertz CT molecular complexity index is 6150. The molecule has 4 aromatic carbocycles. The highest BCUT2D eigenvalue weighted by Gasteiger charge is 2.35. The van der Waals surface area contributed by atoms with Gasteiger partial charge in [0.05, 0.1) is 98.1 Å². The molecule has 10 aromatic rings. The van der Waals surface area contributed by atoms with E-state index in [1.165, 1.54) is 39.8 Å². The van der Waals surface area contributed by atoms with Gasteiger partial charge in [0.1, 0.15) is 94.1 Å². The lowest BCUT2D eigenvalue weighted by atomic mass is 9.89. The number of aromatic amines is 2. The van der Waals surface area contributed by atoms with Crippen LogP contribution in [0.5, 0.6) is 0 Å². The van der Waals surface area contributed by atoms with E-state index in [1.807, 2.05) is 0 Å². The second kappa shape index (κ2) is 51.5. The normalized spacial score (nSPS) is 12.6. The van der Waals surface area contributed by atoms with Gasteiger partial charge in [-0.2, -0.15) is 62.3 Å². The Hall–Kier alpha value is -13.6. The minimum absolute atomic E-state index is 0. The highest BCUT2D eigenvalue weighted by molar-refractivity contribution is 9.09. The van der Waals surface area contributed by atoms with Gasteiger partial charge in [0.25, 0.3) is 0 Å². The van der Waals surface area contributed by atoms with Crippen molar-refractivity contribution in [1.82, 2.24) is 65.8 Å². The summed E-state index contributed by atoms with van der Waals surface area (Å²) in [6.07, 6.45) is -19.4. The number of para-hydroxylation sites is 4. The van der Waals surface area contributed by atoms with E-state index in [0.29, 0.717) is 96.1 Å². The number of carbonyl (C=O) groups excluding carboxylic acids is 11. The summed E-state index contributed by atoms with van der Waals surface area (Å²) in [6.45, 7) is 27.9. The number of hydrogen-bond donors (Lipinski definition) is 11. The molecule has 4 unspecified atom stereocenters. The van der Waals surface area contributed by atoms with E-state index < -0.39 is 134 Å². The van der Waals surface area contributed by atoms with Crippen LogP contribution in [0.4, 0.5) is 90.3 Å². The van der Waals surface area contributed by atoms with Crippen molar-refractivity contribution in [2.45, 2.75) is 223 Å². The molecule has 6 aromatic heterocycles. The number of nitrogens with two attached hydrogens (primary N) is 1. The molecule has 0 aliphatic heterocycles. The van der Waals surface area contributed by atoms with Crippen molar-refractivity contribution in [3.8, 4) is 22.5 Å². The maximum atomic E-state index is 13.1. The van der Waals surface area contributed by atoms with E-state index in [9.17, 15) is 106 Å². The second-order valence-corrected chi connectivity index (χ2v) is 34.8. The maximum Gasteiger partial charge on any atom is 0.408 e. The van der Waals surface area contributed by atoms with Crippen LogP contribution in [0.1, 0.15) is 218 Å². The number of fused-ring (bicyclic) bond motifs is 4. The molecule has 0 aliphatic rings. The summed E-state index contributed by atoms with van der Waals surface area (Å²) < 4.78 is 171. The summed E-state index contributed by atoms with van der Waals surface area (Å²) in [4.78, 5) is 176. The number of alkyl halides is 13. The number of aromatic nitrogens is 10. The molecule has 0 aliphatic carbocycles. The van der Waals surface area contributed by atoms with Crippen molar-refractivity contribution in [2.24, 2.45) is 11.7 Å². The highest BCUT2D eigenvalue weighted by atomic mass is 79.9. The monoisotopic (exact) mass is 2080 g/mol. The molecular formula is C92H110BrClF12N18O17. The number of H-pyrrole nitrogens is 2. The number of anilines is 4. The number of Topliss-reactive ketones (excluding diaryl/α,β-unsaturated/α-hetero) is 5. The van der Waals surface area contributed by atoms with Crippen molar-refractivity contribution in [1.29, 1.82) is 0 Å². The van der Waals surface area contributed by atoms with Gasteiger partial charge in [-0.1, -0.05) is 59.3 Å². The summed E-state index contributed by atoms with van der Waals surface area (Å²) in [7, 11) is 0. The van der Waals surface area contributed by atoms with Gasteiger partial charge in [0, 0.05) is 57.7 Å². The standard InChI is InChI=1S/C25H30F3N5O4.C24H31F3N4O4.C18H18F3N5O2.C13H11BrF3N3O.C11H19NO4.CO2.ClH/c1-7-36-22(34)16-11-18(32-19(16)13(2)31-23(35)37-24(4,5)6)15-9-8-10-17-20(15)33-21(14(3)30-17)29-12-25(26,27)28;1-7-15(20(33)13(2)30-22(34)35-23(4,5)6)11-18(32)16-9-8-10-17-19(16)31-21(14(3)29-17)28-12-24(25,26)27;1-8(22)14-11(17(27)28)6-13(25-14)10-4-3-5-12-15(10)26-16(9(2)24-12)23-7-18(19,20)21;1-7-12(18-6-13(15,16)17)20-11-8(10(21)5-14)3-2-4-9(11)19-7;1-7(13)6-9(14)8(2)12-10(15)16-11(3,4)5;2-1-3;/h8-11,13,32H,7,12H2,1-6H3,(H,29,33)(H,31,35);8-10,13,15H,7,11-12H2,1-6H3,(H,28,31)(H,30,34);3-6,8,25H,7,22H2,1-2H3,(H,23,26)(H,27,28);2-4H,5-6H2,1H3,(H,18,20);8H,6H2,1-5H3,(H,12,15);;1H/t;;;;8-;;/m....1../s1. The van der Waals surface area contributed by atoms with Gasteiger partial charge in [0.15, 0.2) is 23.1 Å². The molecule has 768 valence electrons. The Balaban J connectivity index is 0.000000374. The van der Waals surface area contributed by atoms with E-state index in [2.05, 4.69) is 103 Å². The summed E-state index contributed by atoms with van der Waals surface area (Å²) in [5.41, 5.74) is 11.2. The van der Waals surface area contributed by atoms with Gasteiger partial charge in [-0.05, 0) is 187 Å². The minimum Gasteiger partial charge on any atom is -0.478 e. The molecule has 5 atom stereocenters. The molecule has 0 radical (unpaired) electrons. The van der Waals surface area contributed by atoms with Gasteiger partial charge in [0.2, 0.25) is 0 Å². The third-order valence-corrected chi connectivity index (χ3v) is 19.3. The minimum atomic E-state index is -4.45. The number of nitrogens with zero attached hydrogens (tertiary/aromatic N) is 8. The number of rotatable bonds is 29. The molecule has 49 heteroatoms. The smallest absolute Gasteiger partial charge is 0.408 e. The Labute approximate surface area is 815 Å². The zero-order valence-electron chi connectivity index (χ0n) is 80.3. The van der Waals surface area contributed by atoms with Crippen molar-refractivity contribution in [3.05, 3.63) is 141 Å². The number of carboxylic acids is 1. The van der Waals surface area contributed by atoms with Gasteiger partial charge in [-0.25, -0.2) is 63.8 Å².